The maximum atomic E-state index is 13.9. The van der Waals surface area contributed by atoms with E-state index in [-0.39, 0.29) is 18.4 Å². The summed E-state index contributed by atoms with van der Waals surface area (Å²) >= 11 is 11.8. The highest BCUT2D eigenvalue weighted by Crippen LogP contribution is 2.20. The maximum absolute atomic E-state index is 13.9. The number of benzene rings is 1. The smallest absolute Gasteiger partial charge is 0.230 e. The number of nitrogens with zero attached hydrogens (tertiary/aromatic N) is 4. The summed E-state index contributed by atoms with van der Waals surface area (Å²) in [5.74, 6) is -0.555. The van der Waals surface area contributed by atoms with Crippen molar-refractivity contribution in [3.63, 3.8) is 0 Å². The Kier molecular flexibility index (Phi) is 5.58. The van der Waals surface area contributed by atoms with Crippen LogP contribution in [0.25, 0.3) is 0 Å². The van der Waals surface area contributed by atoms with Crippen molar-refractivity contribution in [3.05, 3.63) is 64.3 Å². The minimum absolute atomic E-state index is 0.169. The third-order valence-corrected chi connectivity index (χ3v) is 4.33. The Hall–Kier alpha value is -2.38. The minimum atomic E-state index is -0.398. The normalized spacial score (nSPS) is 12.2. The number of aromatic nitrogens is 4. The van der Waals surface area contributed by atoms with Gasteiger partial charge in [-0.15, -0.1) is 0 Å². The van der Waals surface area contributed by atoms with Crippen molar-refractivity contribution in [3.8, 4) is 0 Å². The predicted molar refractivity (Wildman–Crippen MR) is 97.8 cm³/mol. The number of nitrogens with one attached hydrogen (secondary N) is 1. The number of rotatable bonds is 6. The van der Waals surface area contributed by atoms with Gasteiger partial charge in [0.25, 0.3) is 0 Å². The van der Waals surface area contributed by atoms with E-state index in [9.17, 15) is 9.18 Å². The number of hydrogen-bond donors (Lipinski definition) is 1. The van der Waals surface area contributed by atoms with Gasteiger partial charge in [-0.05, 0) is 12.1 Å². The van der Waals surface area contributed by atoms with Crippen LogP contribution in [0.1, 0.15) is 12.5 Å². The van der Waals surface area contributed by atoms with Crippen LogP contribution in [0, 0.1) is 11.7 Å². The second-order valence-electron chi connectivity index (χ2n) is 5.87. The van der Waals surface area contributed by atoms with Crippen LogP contribution in [0.5, 0.6) is 0 Å². The monoisotopic (exact) mass is 395 g/mol. The Bertz CT molecular complexity index is 903. The number of hydrogen-bond acceptors (Lipinski definition) is 3. The molecule has 1 atom stereocenters. The molecular formula is C17H16Cl2FN5O. The van der Waals surface area contributed by atoms with Crippen LogP contribution in [0.3, 0.4) is 0 Å². The lowest BCUT2D eigenvalue weighted by atomic mass is 10.1. The van der Waals surface area contributed by atoms with Gasteiger partial charge in [-0.1, -0.05) is 36.2 Å². The van der Waals surface area contributed by atoms with E-state index in [1.165, 1.54) is 16.9 Å². The quantitative estimate of drug-likeness (QED) is 0.689. The summed E-state index contributed by atoms with van der Waals surface area (Å²) in [5.41, 5.74) is 0.346. The first-order chi connectivity index (χ1) is 12.4. The molecule has 0 aliphatic heterocycles. The number of anilines is 1. The van der Waals surface area contributed by atoms with Gasteiger partial charge >= 0.3 is 0 Å². The maximum Gasteiger partial charge on any atom is 0.230 e. The summed E-state index contributed by atoms with van der Waals surface area (Å²) in [7, 11) is 0. The first-order valence-electron chi connectivity index (χ1n) is 7.87. The third kappa shape index (κ3) is 4.42. The van der Waals surface area contributed by atoms with Crippen molar-refractivity contribution in [1.82, 2.24) is 19.6 Å². The fourth-order valence-corrected chi connectivity index (χ4v) is 2.79. The lowest BCUT2D eigenvalue weighted by molar-refractivity contribution is -0.119. The molecule has 26 heavy (non-hydrogen) atoms. The third-order valence-electron chi connectivity index (χ3n) is 3.78. The molecule has 136 valence electrons. The van der Waals surface area contributed by atoms with Gasteiger partial charge in [-0.3, -0.25) is 14.2 Å². The molecule has 1 amide bonds. The summed E-state index contributed by atoms with van der Waals surface area (Å²) in [6, 6.07) is 6.15. The highest BCUT2D eigenvalue weighted by molar-refractivity contribution is 6.31. The molecule has 2 heterocycles. The average Bonchev–Trinajstić information content (AvgIpc) is 3.20. The molecule has 0 saturated heterocycles. The highest BCUT2D eigenvalue weighted by Gasteiger charge is 2.16. The molecule has 2 aromatic heterocycles. The number of carbonyl (C=O) groups excluding carboxylic acids is 1. The Morgan fingerprint density at radius 2 is 2.12 bits per heavy atom. The zero-order valence-electron chi connectivity index (χ0n) is 13.9. The van der Waals surface area contributed by atoms with Gasteiger partial charge in [-0.2, -0.15) is 10.2 Å². The molecule has 0 spiro atoms. The van der Waals surface area contributed by atoms with Crippen LogP contribution in [-0.2, 0) is 17.9 Å². The fraction of sp³-hybridized carbons (Fsp3) is 0.235. The lowest BCUT2D eigenvalue weighted by Gasteiger charge is -2.11. The van der Waals surface area contributed by atoms with E-state index >= 15 is 0 Å². The molecule has 0 saturated carbocycles. The molecule has 0 radical (unpaired) electrons. The van der Waals surface area contributed by atoms with Crippen molar-refractivity contribution < 1.29 is 9.18 Å². The lowest BCUT2D eigenvalue weighted by Crippen LogP contribution is -2.25. The van der Waals surface area contributed by atoms with E-state index in [4.69, 9.17) is 23.2 Å². The first kappa shape index (κ1) is 18.4. The van der Waals surface area contributed by atoms with Crippen molar-refractivity contribution in [2.24, 2.45) is 5.92 Å². The molecule has 6 nitrogen and oxygen atoms in total. The van der Waals surface area contributed by atoms with Gasteiger partial charge in [0.1, 0.15) is 5.82 Å². The zero-order chi connectivity index (χ0) is 18.7. The van der Waals surface area contributed by atoms with Gasteiger partial charge in [0.05, 0.1) is 30.2 Å². The summed E-state index contributed by atoms with van der Waals surface area (Å²) in [6.45, 7) is 2.34. The van der Waals surface area contributed by atoms with E-state index in [0.29, 0.717) is 28.0 Å². The van der Waals surface area contributed by atoms with Crippen LogP contribution in [0.2, 0.25) is 10.0 Å². The molecule has 0 bridgehead atoms. The summed E-state index contributed by atoms with van der Waals surface area (Å²) in [6.07, 6.45) is 4.82. The van der Waals surface area contributed by atoms with E-state index < -0.39 is 5.82 Å². The van der Waals surface area contributed by atoms with Crippen molar-refractivity contribution in [2.75, 3.05) is 5.32 Å². The van der Waals surface area contributed by atoms with Crippen molar-refractivity contribution >= 4 is 34.9 Å². The minimum Gasteiger partial charge on any atom is -0.309 e. The molecule has 0 aliphatic carbocycles. The van der Waals surface area contributed by atoms with Gasteiger partial charge in [-0.25, -0.2) is 4.39 Å². The topological polar surface area (TPSA) is 64.7 Å². The predicted octanol–water partition coefficient (Wildman–Crippen LogP) is 3.85. The average molecular weight is 396 g/mol. The zero-order valence-corrected chi connectivity index (χ0v) is 15.4. The van der Waals surface area contributed by atoms with E-state index in [2.05, 4.69) is 15.5 Å². The highest BCUT2D eigenvalue weighted by atomic mass is 35.5. The largest absolute Gasteiger partial charge is 0.309 e. The SMILES string of the molecule is CC(Cn1cc(Cl)cn1)C(=O)Nc1ccn(Cc2c(F)cccc2Cl)n1. The van der Waals surface area contributed by atoms with Crippen LogP contribution < -0.4 is 5.32 Å². The van der Waals surface area contributed by atoms with Crippen molar-refractivity contribution in [1.29, 1.82) is 0 Å². The van der Waals surface area contributed by atoms with Crippen LogP contribution in [-0.4, -0.2) is 25.5 Å². The second-order valence-corrected chi connectivity index (χ2v) is 6.71. The molecule has 0 fully saturated rings. The Labute approximate surface area is 159 Å². The molecule has 1 unspecified atom stereocenters. The molecule has 3 aromatic rings. The van der Waals surface area contributed by atoms with Gasteiger partial charge < -0.3 is 5.32 Å². The molecule has 9 heteroatoms. The number of carbonyl (C=O) groups is 1. The van der Waals surface area contributed by atoms with E-state index in [1.54, 1.807) is 42.2 Å². The first-order valence-corrected chi connectivity index (χ1v) is 8.63. The van der Waals surface area contributed by atoms with E-state index in [0.717, 1.165) is 0 Å². The van der Waals surface area contributed by atoms with Gasteiger partial charge in [0.2, 0.25) is 5.91 Å². The second kappa shape index (κ2) is 7.88. The molecular weight excluding hydrogens is 380 g/mol. The van der Waals surface area contributed by atoms with E-state index in [1.807, 2.05) is 0 Å². The molecule has 0 aliphatic rings. The fourth-order valence-electron chi connectivity index (χ4n) is 2.41. The summed E-state index contributed by atoms with van der Waals surface area (Å²) in [4.78, 5) is 12.3. The van der Waals surface area contributed by atoms with Gasteiger partial charge in [0, 0.05) is 29.0 Å². The number of amides is 1. The summed E-state index contributed by atoms with van der Waals surface area (Å²) < 4.78 is 17.0. The Morgan fingerprint density at radius 3 is 2.81 bits per heavy atom. The van der Waals surface area contributed by atoms with Gasteiger partial charge in [0.15, 0.2) is 5.82 Å². The van der Waals surface area contributed by atoms with Crippen LogP contribution in [0.15, 0.2) is 42.9 Å². The Morgan fingerprint density at radius 1 is 1.31 bits per heavy atom. The Balaban J connectivity index is 1.61. The number of halogens is 3. The summed E-state index contributed by atoms with van der Waals surface area (Å²) in [5, 5.41) is 11.9. The van der Waals surface area contributed by atoms with Crippen LogP contribution >= 0.6 is 23.2 Å². The standard InChI is InChI=1S/C17H16Cl2FN5O/c1-11(8-25-9-12(18)7-21-25)17(26)22-16-5-6-24(23-16)10-13-14(19)3-2-4-15(13)20/h2-7,9,11H,8,10H2,1H3,(H,22,23,26). The molecule has 1 aromatic carbocycles. The molecule has 1 N–H and O–H groups in total. The van der Waals surface area contributed by atoms with Crippen LogP contribution in [0.4, 0.5) is 10.2 Å². The van der Waals surface area contributed by atoms with Crippen molar-refractivity contribution in [2.45, 2.75) is 20.0 Å². The molecule has 3 rings (SSSR count).